The average molecular weight is 539 g/mol. The van der Waals surface area contributed by atoms with Crippen molar-refractivity contribution in [1.82, 2.24) is 0 Å². The second-order valence-electron chi connectivity index (χ2n) is 6.43. The highest BCUT2D eigenvalue weighted by molar-refractivity contribution is 8.76. The highest BCUT2D eigenvalue weighted by Crippen LogP contribution is 2.40. The third kappa shape index (κ3) is 7.67. The smallest absolute Gasteiger partial charge is 0.388 e. The molecule has 0 aliphatic rings. The van der Waals surface area contributed by atoms with Gasteiger partial charge in [0.05, 0.1) is 30.5 Å². The molecule has 0 spiro atoms. The van der Waals surface area contributed by atoms with Gasteiger partial charge in [-0.25, -0.2) is 15.0 Å². The summed E-state index contributed by atoms with van der Waals surface area (Å²) < 4.78 is 18.7. The Labute approximate surface area is 211 Å². The molecule has 0 radical (unpaired) electrons. The lowest BCUT2D eigenvalue weighted by Gasteiger charge is -2.08. The molecule has 16 heteroatoms. The molecule has 0 heterocycles. The van der Waals surface area contributed by atoms with Gasteiger partial charge in [0.15, 0.2) is 5.90 Å². The molecule has 0 aliphatic heterocycles. The van der Waals surface area contributed by atoms with E-state index in [0.717, 1.165) is 40.8 Å². The van der Waals surface area contributed by atoms with Crippen molar-refractivity contribution < 1.29 is 38.4 Å². The molecular weight excluding hydrogens is 520 g/mol. The topological polar surface area (TPSA) is 205 Å². The van der Waals surface area contributed by atoms with Crippen molar-refractivity contribution in [2.24, 2.45) is 0 Å². The van der Waals surface area contributed by atoms with Crippen LogP contribution in [0.15, 0.2) is 46.2 Å². The van der Waals surface area contributed by atoms with Crippen molar-refractivity contribution in [2.45, 2.75) is 16.2 Å². The summed E-state index contributed by atoms with van der Waals surface area (Å²) in [6.45, 7) is -0.211. The van der Waals surface area contributed by atoms with Gasteiger partial charge in [0.1, 0.15) is 17.7 Å². The molecule has 2 N–H and O–H groups in total. The van der Waals surface area contributed by atoms with Crippen molar-refractivity contribution in [1.29, 1.82) is 10.8 Å². The van der Waals surface area contributed by atoms with Crippen molar-refractivity contribution >= 4 is 56.9 Å². The summed E-state index contributed by atoms with van der Waals surface area (Å²) in [7, 11) is 4.47. The van der Waals surface area contributed by atoms with Crippen LogP contribution in [0, 0.1) is 31.0 Å². The molecule has 2 rings (SSSR count). The number of carbonyl (C=O) groups is 2. The molecule has 0 aromatic heterocycles. The maximum atomic E-state index is 12.4. The van der Waals surface area contributed by atoms with Gasteiger partial charge in [0.2, 0.25) is 0 Å². The van der Waals surface area contributed by atoms with Gasteiger partial charge in [-0.1, -0.05) is 21.6 Å². The van der Waals surface area contributed by atoms with E-state index in [1.54, 1.807) is 0 Å². The first-order valence-corrected chi connectivity index (χ1v) is 11.8. The molecule has 0 amide bonds. The van der Waals surface area contributed by atoms with Crippen LogP contribution in [0.1, 0.15) is 27.1 Å². The molecule has 0 saturated heterocycles. The number of nitrogens with zero attached hydrogens (tertiary/aromatic N) is 2. The Morgan fingerprint density at radius 1 is 0.861 bits per heavy atom. The first-order valence-electron chi connectivity index (χ1n) is 9.62. The highest BCUT2D eigenvalue weighted by atomic mass is 33.1. The van der Waals surface area contributed by atoms with Crippen LogP contribution in [0.25, 0.3) is 0 Å². The molecule has 0 atom stereocenters. The van der Waals surface area contributed by atoms with E-state index in [1.807, 2.05) is 0 Å². The summed E-state index contributed by atoms with van der Waals surface area (Å²) in [5, 5.41) is 37.3. The van der Waals surface area contributed by atoms with E-state index in [-0.39, 0.29) is 24.5 Å². The second-order valence-corrected chi connectivity index (χ2v) is 8.71. The second kappa shape index (κ2) is 13.1. The Hall–Kier alpha value is -4.18. The molecule has 36 heavy (non-hydrogen) atoms. The van der Waals surface area contributed by atoms with Crippen LogP contribution in [0.2, 0.25) is 0 Å². The van der Waals surface area contributed by atoms with Crippen LogP contribution < -0.4 is 0 Å². The van der Waals surface area contributed by atoms with E-state index in [2.05, 4.69) is 14.2 Å². The van der Waals surface area contributed by atoms with Gasteiger partial charge in [-0.2, -0.15) is 0 Å². The van der Waals surface area contributed by atoms with Crippen LogP contribution >= 0.6 is 21.6 Å². The van der Waals surface area contributed by atoms with Gasteiger partial charge < -0.3 is 18.9 Å². The number of benzene rings is 2. The maximum absolute atomic E-state index is 12.4. The minimum absolute atomic E-state index is 0.00487. The van der Waals surface area contributed by atoms with Crippen molar-refractivity contribution in [3.8, 4) is 0 Å². The van der Waals surface area contributed by atoms with Gasteiger partial charge >= 0.3 is 18.0 Å². The molecule has 190 valence electrons. The quantitative estimate of drug-likeness (QED) is 0.109. The SMILES string of the molecule is COC(=N)CCOC(=O)c1cc(SSc2ccc([N+](=O)[O-])c(C(=O)OC(=N)OC)c2)ccc1[N+](=O)[O-]. The summed E-state index contributed by atoms with van der Waals surface area (Å²) >= 11 is 0. The van der Waals surface area contributed by atoms with E-state index in [1.165, 1.54) is 31.4 Å². The zero-order valence-corrected chi connectivity index (χ0v) is 20.3. The number of nitro benzene ring substituents is 2. The zero-order chi connectivity index (χ0) is 26.8. The van der Waals surface area contributed by atoms with Gasteiger partial charge in [0.25, 0.3) is 11.4 Å². The molecule has 0 unspecified atom stereocenters. The van der Waals surface area contributed by atoms with Gasteiger partial charge in [0, 0.05) is 21.9 Å². The summed E-state index contributed by atoms with van der Waals surface area (Å²) in [4.78, 5) is 46.5. The molecule has 2 aromatic carbocycles. The molecule has 0 bridgehead atoms. The number of carbonyl (C=O) groups excluding carboxylic acids is 2. The van der Waals surface area contributed by atoms with Gasteiger partial charge in [-0.05, 0) is 24.3 Å². The zero-order valence-electron chi connectivity index (χ0n) is 18.7. The lowest BCUT2D eigenvalue weighted by Crippen LogP contribution is -2.14. The largest absolute Gasteiger partial charge is 0.484 e. The van der Waals surface area contributed by atoms with Gasteiger partial charge in [-0.3, -0.25) is 25.6 Å². The Morgan fingerprint density at radius 2 is 1.36 bits per heavy atom. The predicted octanol–water partition coefficient (Wildman–Crippen LogP) is 4.21. The van der Waals surface area contributed by atoms with Crippen LogP contribution in [-0.2, 0) is 18.9 Å². The van der Waals surface area contributed by atoms with E-state index in [0.29, 0.717) is 9.79 Å². The molecule has 0 aliphatic carbocycles. The fraction of sp³-hybridized carbons (Fsp3) is 0.200. The van der Waals surface area contributed by atoms with E-state index >= 15 is 0 Å². The van der Waals surface area contributed by atoms with Crippen LogP contribution in [0.4, 0.5) is 11.4 Å². The average Bonchev–Trinajstić information content (AvgIpc) is 2.86. The first-order chi connectivity index (χ1) is 17.1. The highest BCUT2D eigenvalue weighted by Gasteiger charge is 2.25. The number of ether oxygens (including phenoxy) is 4. The Kier molecular flexibility index (Phi) is 10.2. The number of rotatable bonds is 10. The minimum atomic E-state index is -1.16. The lowest BCUT2D eigenvalue weighted by atomic mass is 10.2. The van der Waals surface area contributed by atoms with Crippen molar-refractivity contribution in [3.63, 3.8) is 0 Å². The normalized spacial score (nSPS) is 10.2. The van der Waals surface area contributed by atoms with Crippen molar-refractivity contribution in [3.05, 3.63) is 67.8 Å². The summed E-state index contributed by atoms with van der Waals surface area (Å²) in [5.41, 5.74) is -1.74. The molecule has 14 nitrogen and oxygen atoms in total. The van der Waals surface area contributed by atoms with Crippen LogP contribution in [0.5, 0.6) is 0 Å². The van der Waals surface area contributed by atoms with Crippen LogP contribution in [0.3, 0.4) is 0 Å². The van der Waals surface area contributed by atoms with Crippen LogP contribution in [-0.4, -0.2) is 54.6 Å². The predicted molar refractivity (Wildman–Crippen MR) is 128 cm³/mol. The van der Waals surface area contributed by atoms with Gasteiger partial charge in [-0.15, -0.1) is 0 Å². The summed E-state index contributed by atoms with van der Waals surface area (Å²) in [6, 6.07) is 7.43. The van der Waals surface area contributed by atoms with E-state index in [4.69, 9.17) is 15.6 Å². The third-order valence-electron chi connectivity index (χ3n) is 4.18. The number of esters is 2. The standard InChI is InChI=1S/C20H18N4O10S2/c1-31-17(21)7-8-33-18(25)13-9-11(3-5-15(13)23(27)28)35-36-12-4-6-16(24(29)30)14(10-12)19(26)34-20(22)32-2/h3-6,9-10,21-22H,7-8H2,1-2H3. The molecular formula is C20H18N4O10S2. The maximum Gasteiger partial charge on any atom is 0.388 e. The molecule has 0 fully saturated rings. The fourth-order valence-corrected chi connectivity index (χ4v) is 4.44. The Bertz CT molecular complexity index is 1220. The molecule has 0 saturated carbocycles. The number of nitro groups is 2. The van der Waals surface area contributed by atoms with Crippen molar-refractivity contribution in [2.75, 3.05) is 20.8 Å². The Balaban J connectivity index is 2.23. The third-order valence-corrected chi connectivity index (χ3v) is 6.56. The Morgan fingerprint density at radius 3 is 1.81 bits per heavy atom. The monoisotopic (exact) mass is 538 g/mol. The summed E-state index contributed by atoms with van der Waals surface area (Å²) in [6.07, 6.45) is -0.846. The van der Waals surface area contributed by atoms with E-state index < -0.39 is 44.8 Å². The number of hydrogen-bond donors (Lipinski definition) is 2. The number of hydrogen-bond acceptors (Lipinski definition) is 14. The first kappa shape index (κ1) is 28.1. The fourth-order valence-electron chi connectivity index (χ4n) is 2.47. The summed E-state index contributed by atoms with van der Waals surface area (Å²) in [5.74, 6) is -2.25. The molecule has 2 aromatic rings. The van der Waals surface area contributed by atoms with E-state index in [9.17, 15) is 29.8 Å². The number of methoxy groups -OCH3 is 2. The minimum Gasteiger partial charge on any atom is -0.484 e. The number of nitrogens with one attached hydrogen (secondary N) is 2. The lowest BCUT2D eigenvalue weighted by molar-refractivity contribution is -0.385.